The molecule has 0 atom stereocenters. The van der Waals surface area contributed by atoms with E-state index in [9.17, 15) is 23.3 Å². The van der Waals surface area contributed by atoms with Gasteiger partial charge in [-0.2, -0.15) is 0 Å². The number of halogens is 1. The topological polar surface area (TPSA) is 118 Å². The summed E-state index contributed by atoms with van der Waals surface area (Å²) in [6.45, 7) is 3.53. The Morgan fingerprint density at radius 2 is 2.10 bits per heavy atom. The van der Waals surface area contributed by atoms with Gasteiger partial charge in [0.1, 0.15) is 4.21 Å². The van der Waals surface area contributed by atoms with Crippen LogP contribution in [0.2, 0.25) is 4.34 Å². The first kappa shape index (κ1) is 17.8. The second kappa shape index (κ2) is 7.16. The number of nitrogens with zero attached hydrogens (tertiary/aromatic N) is 1. The summed E-state index contributed by atoms with van der Waals surface area (Å²) in [4.78, 5) is 21.2. The van der Waals surface area contributed by atoms with Crippen molar-refractivity contribution in [1.29, 1.82) is 0 Å². The Morgan fingerprint density at radius 3 is 2.57 bits per heavy atom. The van der Waals surface area contributed by atoms with Gasteiger partial charge in [-0.1, -0.05) is 25.4 Å². The van der Waals surface area contributed by atoms with Crippen LogP contribution in [0.25, 0.3) is 0 Å². The molecule has 0 spiro atoms. The lowest BCUT2D eigenvalue weighted by atomic mass is 10.2. The molecule has 0 aliphatic carbocycles. The lowest BCUT2D eigenvalue weighted by Crippen LogP contribution is -2.36. The lowest BCUT2D eigenvalue weighted by molar-refractivity contribution is -0.384. The molecule has 1 aromatic heterocycles. The number of hydrogen-bond acceptors (Lipinski definition) is 6. The Balaban J connectivity index is 2.64. The van der Waals surface area contributed by atoms with E-state index >= 15 is 0 Å². The van der Waals surface area contributed by atoms with Crippen LogP contribution in [0.5, 0.6) is 0 Å². The van der Waals surface area contributed by atoms with Crippen molar-refractivity contribution in [2.45, 2.75) is 18.1 Å². The molecule has 0 saturated carbocycles. The monoisotopic (exact) mass is 355 g/mol. The Kier molecular flexibility index (Phi) is 6.08. The number of nitro groups is 1. The molecule has 0 bridgehead atoms. The van der Waals surface area contributed by atoms with E-state index < -0.39 is 20.6 Å². The summed E-state index contributed by atoms with van der Waals surface area (Å²) in [6, 6.07) is 0.905. The van der Waals surface area contributed by atoms with Gasteiger partial charge in [0, 0.05) is 25.1 Å². The van der Waals surface area contributed by atoms with Crippen molar-refractivity contribution in [2.75, 3.05) is 13.1 Å². The average molecular weight is 356 g/mol. The largest absolute Gasteiger partial charge is 0.355 e. The fraction of sp³-hybridized carbons (Fsp3) is 0.500. The molecule has 0 aliphatic rings. The third kappa shape index (κ3) is 4.92. The zero-order chi connectivity index (χ0) is 16.2. The van der Waals surface area contributed by atoms with E-state index in [-0.39, 0.29) is 33.5 Å². The third-order valence-corrected chi connectivity index (χ3v) is 5.62. The van der Waals surface area contributed by atoms with Crippen molar-refractivity contribution in [1.82, 2.24) is 10.0 Å². The molecule has 8 nitrogen and oxygen atoms in total. The zero-order valence-corrected chi connectivity index (χ0v) is 13.6. The highest BCUT2D eigenvalue weighted by molar-refractivity contribution is 7.91. The van der Waals surface area contributed by atoms with Gasteiger partial charge in [0.2, 0.25) is 15.9 Å². The van der Waals surface area contributed by atoms with E-state index in [0.717, 1.165) is 6.07 Å². The van der Waals surface area contributed by atoms with Gasteiger partial charge in [0.25, 0.3) is 5.69 Å². The summed E-state index contributed by atoms with van der Waals surface area (Å²) >= 11 is 6.22. The number of sulfonamides is 1. The maximum Gasteiger partial charge on any atom is 0.300 e. The lowest BCUT2D eigenvalue weighted by Gasteiger charge is -2.08. The van der Waals surface area contributed by atoms with Crippen LogP contribution in [-0.2, 0) is 14.8 Å². The van der Waals surface area contributed by atoms with Gasteiger partial charge in [-0.3, -0.25) is 14.9 Å². The van der Waals surface area contributed by atoms with E-state index in [2.05, 4.69) is 10.0 Å². The van der Waals surface area contributed by atoms with E-state index in [4.69, 9.17) is 11.6 Å². The molecule has 0 saturated heterocycles. The summed E-state index contributed by atoms with van der Waals surface area (Å²) in [7, 11) is -3.89. The number of carbonyl (C=O) groups excluding carboxylic acids is 1. The average Bonchev–Trinajstić information content (AvgIpc) is 2.77. The van der Waals surface area contributed by atoms with Crippen molar-refractivity contribution >= 4 is 44.6 Å². The van der Waals surface area contributed by atoms with Crippen LogP contribution in [0.3, 0.4) is 0 Å². The fourth-order valence-corrected chi connectivity index (χ4v) is 3.98. The van der Waals surface area contributed by atoms with Crippen LogP contribution in [0.4, 0.5) is 5.69 Å². The summed E-state index contributed by atoms with van der Waals surface area (Å²) in [5, 5.41) is 13.2. The molecule has 0 fully saturated rings. The van der Waals surface area contributed by atoms with Crippen LogP contribution in [0.1, 0.15) is 13.8 Å². The third-order valence-electron chi connectivity index (χ3n) is 2.35. The Bertz CT molecular complexity index is 641. The minimum Gasteiger partial charge on any atom is -0.355 e. The van der Waals surface area contributed by atoms with Gasteiger partial charge in [0.05, 0.1) is 4.92 Å². The number of hydrogen-bond donors (Lipinski definition) is 2. The van der Waals surface area contributed by atoms with Crippen molar-refractivity contribution in [2.24, 2.45) is 5.92 Å². The van der Waals surface area contributed by atoms with Gasteiger partial charge in [-0.05, 0) is 0 Å². The van der Waals surface area contributed by atoms with Crippen LogP contribution in [0, 0.1) is 16.0 Å². The molecule has 0 unspecified atom stereocenters. The molecule has 0 aliphatic heterocycles. The van der Waals surface area contributed by atoms with Crippen molar-refractivity contribution in [3.63, 3.8) is 0 Å². The van der Waals surface area contributed by atoms with Gasteiger partial charge < -0.3 is 5.32 Å². The summed E-state index contributed by atoms with van der Waals surface area (Å²) in [5.41, 5.74) is -0.449. The number of rotatable bonds is 7. The standard InChI is InChI=1S/C10H14ClN3O5S2/c1-6(2)10(15)12-3-4-13-21(18,19)8-5-7(14(16)17)9(11)20-8/h5-6,13H,3-4H2,1-2H3,(H,12,15). The first-order valence-corrected chi connectivity index (χ1v) is 8.54. The maximum absolute atomic E-state index is 11.9. The summed E-state index contributed by atoms with van der Waals surface area (Å²) in [5.74, 6) is -0.385. The molecule has 118 valence electrons. The first-order valence-electron chi connectivity index (χ1n) is 5.86. The second-order valence-corrected chi connectivity index (χ2v) is 7.97. The normalized spacial score (nSPS) is 11.6. The minimum atomic E-state index is -3.89. The van der Waals surface area contributed by atoms with Gasteiger partial charge in [-0.25, -0.2) is 13.1 Å². The first-order chi connectivity index (χ1) is 9.65. The number of carbonyl (C=O) groups is 1. The van der Waals surface area contributed by atoms with E-state index in [0.29, 0.717) is 11.3 Å². The summed E-state index contributed by atoms with van der Waals surface area (Å²) < 4.78 is 25.6. The molecule has 1 amide bonds. The van der Waals surface area contributed by atoms with Crippen LogP contribution >= 0.6 is 22.9 Å². The van der Waals surface area contributed by atoms with Crippen LogP contribution in [0.15, 0.2) is 10.3 Å². The molecule has 11 heteroatoms. The predicted octanol–water partition coefficient (Wildman–Crippen LogP) is 1.36. The molecule has 21 heavy (non-hydrogen) atoms. The summed E-state index contributed by atoms with van der Waals surface area (Å²) in [6.07, 6.45) is 0. The zero-order valence-electron chi connectivity index (χ0n) is 11.3. The molecule has 1 heterocycles. The SMILES string of the molecule is CC(C)C(=O)NCCNS(=O)(=O)c1cc([N+](=O)[O-])c(Cl)s1. The maximum atomic E-state index is 11.9. The van der Waals surface area contributed by atoms with Gasteiger partial charge in [0.15, 0.2) is 4.34 Å². The van der Waals surface area contributed by atoms with Gasteiger partial charge >= 0.3 is 0 Å². The molecular formula is C10H14ClN3O5S2. The highest BCUT2D eigenvalue weighted by Crippen LogP contribution is 2.35. The molecule has 0 radical (unpaired) electrons. The highest BCUT2D eigenvalue weighted by Gasteiger charge is 2.24. The fourth-order valence-electron chi connectivity index (χ4n) is 1.24. The van der Waals surface area contributed by atoms with Crippen LogP contribution < -0.4 is 10.0 Å². The molecule has 2 N–H and O–H groups in total. The van der Waals surface area contributed by atoms with Crippen molar-refractivity contribution in [3.8, 4) is 0 Å². The van der Waals surface area contributed by atoms with E-state index in [1.807, 2.05) is 0 Å². The Labute approximate surface area is 130 Å². The minimum absolute atomic E-state index is 0.0237. The van der Waals surface area contributed by atoms with E-state index in [1.54, 1.807) is 13.8 Å². The predicted molar refractivity (Wildman–Crippen MR) is 79.0 cm³/mol. The Morgan fingerprint density at radius 1 is 1.48 bits per heavy atom. The second-order valence-electron chi connectivity index (χ2n) is 4.32. The Hall–Kier alpha value is -1.23. The molecule has 1 aromatic rings. The number of nitrogens with one attached hydrogen (secondary N) is 2. The number of amides is 1. The van der Waals surface area contributed by atoms with Crippen LogP contribution in [-0.4, -0.2) is 32.3 Å². The smallest absolute Gasteiger partial charge is 0.300 e. The van der Waals surface area contributed by atoms with Crippen molar-refractivity contribution in [3.05, 3.63) is 20.5 Å². The van der Waals surface area contributed by atoms with Gasteiger partial charge in [-0.15, -0.1) is 11.3 Å². The molecule has 0 aromatic carbocycles. The molecular weight excluding hydrogens is 342 g/mol. The number of thiophene rings is 1. The van der Waals surface area contributed by atoms with E-state index in [1.165, 1.54) is 0 Å². The van der Waals surface area contributed by atoms with Crippen molar-refractivity contribution < 1.29 is 18.1 Å². The quantitative estimate of drug-likeness (QED) is 0.435. The highest BCUT2D eigenvalue weighted by atomic mass is 35.5. The molecule has 1 rings (SSSR count).